The predicted molar refractivity (Wildman–Crippen MR) is 83.8 cm³/mol. The molecular weight excluding hydrogens is 278 g/mol. The van der Waals surface area contributed by atoms with Gasteiger partial charge in [0.1, 0.15) is 5.69 Å². The van der Waals surface area contributed by atoms with Gasteiger partial charge in [-0.25, -0.2) is 4.68 Å². The van der Waals surface area contributed by atoms with E-state index in [1.54, 1.807) is 0 Å². The van der Waals surface area contributed by atoms with Crippen LogP contribution < -0.4 is 10.9 Å². The Bertz CT molecular complexity index is 752. The van der Waals surface area contributed by atoms with Gasteiger partial charge in [0.2, 0.25) is 0 Å². The highest BCUT2D eigenvalue weighted by Gasteiger charge is 2.24. The van der Waals surface area contributed by atoms with E-state index in [4.69, 9.17) is 0 Å². The molecule has 1 aromatic carbocycles. The number of hydrogen-bond acceptors (Lipinski definition) is 3. The van der Waals surface area contributed by atoms with E-state index < -0.39 is 0 Å². The van der Waals surface area contributed by atoms with Crippen LogP contribution in [0.25, 0.3) is 0 Å². The van der Waals surface area contributed by atoms with Crippen molar-refractivity contribution < 1.29 is 4.79 Å². The number of aryl methyl sites for hydroxylation is 2. The Balaban J connectivity index is 1.78. The molecule has 2 aromatic rings. The molecule has 1 aliphatic rings. The van der Waals surface area contributed by atoms with Crippen LogP contribution in [-0.2, 0) is 13.0 Å². The van der Waals surface area contributed by atoms with Gasteiger partial charge in [0.25, 0.3) is 11.5 Å². The lowest BCUT2D eigenvalue weighted by Crippen LogP contribution is -2.31. The molecule has 0 saturated heterocycles. The lowest BCUT2D eigenvalue weighted by atomic mass is 10.1. The third-order valence-electron chi connectivity index (χ3n) is 3.97. The lowest BCUT2D eigenvalue weighted by molar-refractivity contribution is 0.0929. The average molecular weight is 297 g/mol. The van der Waals surface area contributed by atoms with E-state index in [0.29, 0.717) is 6.54 Å². The second-order valence-corrected chi connectivity index (χ2v) is 5.54. The minimum atomic E-state index is -0.230. The molecule has 1 unspecified atom stereocenters. The molecule has 114 valence electrons. The molecule has 0 fully saturated rings. The summed E-state index contributed by atoms with van der Waals surface area (Å²) >= 11 is 0. The number of rotatable bonds is 4. The van der Waals surface area contributed by atoms with Crippen molar-refractivity contribution in [3.63, 3.8) is 0 Å². The van der Waals surface area contributed by atoms with E-state index in [2.05, 4.69) is 22.5 Å². The molecule has 1 heterocycles. The summed E-state index contributed by atoms with van der Waals surface area (Å²) in [6.45, 7) is 2.49. The maximum Gasteiger partial charge on any atom is 0.272 e. The van der Waals surface area contributed by atoms with Crippen LogP contribution in [0.15, 0.2) is 41.2 Å². The highest BCUT2D eigenvalue weighted by Crippen LogP contribution is 2.30. The van der Waals surface area contributed by atoms with Crippen LogP contribution in [0.4, 0.5) is 0 Å². The monoisotopic (exact) mass is 297 g/mol. The first-order valence-corrected chi connectivity index (χ1v) is 7.66. The Morgan fingerprint density at radius 3 is 2.95 bits per heavy atom. The van der Waals surface area contributed by atoms with E-state index in [0.717, 1.165) is 19.3 Å². The topological polar surface area (TPSA) is 64.0 Å². The van der Waals surface area contributed by atoms with E-state index in [-0.39, 0.29) is 23.2 Å². The Kier molecular flexibility index (Phi) is 4.04. The molecule has 0 bridgehead atoms. The number of fused-ring (bicyclic) bond motifs is 1. The lowest BCUT2D eigenvalue weighted by Gasteiger charge is -2.14. The quantitative estimate of drug-likeness (QED) is 0.939. The third kappa shape index (κ3) is 2.79. The highest BCUT2D eigenvalue weighted by molar-refractivity contribution is 5.92. The second-order valence-electron chi connectivity index (χ2n) is 5.54. The molecule has 1 atom stereocenters. The van der Waals surface area contributed by atoms with E-state index >= 15 is 0 Å². The molecule has 1 aromatic heterocycles. The Morgan fingerprint density at radius 1 is 1.32 bits per heavy atom. The number of nitrogens with one attached hydrogen (secondary N) is 1. The van der Waals surface area contributed by atoms with Crippen molar-refractivity contribution in [1.29, 1.82) is 0 Å². The van der Waals surface area contributed by atoms with Crippen molar-refractivity contribution in [1.82, 2.24) is 15.1 Å². The van der Waals surface area contributed by atoms with Gasteiger partial charge in [-0.15, -0.1) is 0 Å². The molecule has 0 aliphatic heterocycles. The van der Waals surface area contributed by atoms with Gasteiger partial charge in [-0.05, 0) is 36.5 Å². The Hall–Kier alpha value is -2.43. The number of aromatic nitrogens is 2. The molecule has 22 heavy (non-hydrogen) atoms. The number of carbonyl (C=O) groups is 1. The van der Waals surface area contributed by atoms with E-state index in [9.17, 15) is 9.59 Å². The SMILES string of the molecule is CCCn1nc(C(=O)NC2CCc3ccccc32)ccc1=O. The highest BCUT2D eigenvalue weighted by atomic mass is 16.2. The van der Waals surface area contributed by atoms with Crippen molar-refractivity contribution in [2.75, 3.05) is 0 Å². The summed E-state index contributed by atoms with van der Waals surface area (Å²) in [7, 11) is 0. The normalized spacial score (nSPS) is 16.3. The van der Waals surface area contributed by atoms with Crippen molar-refractivity contribution >= 4 is 5.91 Å². The molecular formula is C17H19N3O2. The first-order valence-electron chi connectivity index (χ1n) is 7.66. The molecule has 0 saturated carbocycles. The number of nitrogens with zero attached hydrogens (tertiary/aromatic N) is 2. The molecule has 0 radical (unpaired) electrons. The maximum atomic E-state index is 12.4. The first-order chi connectivity index (χ1) is 10.7. The summed E-state index contributed by atoms with van der Waals surface area (Å²) in [4.78, 5) is 24.1. The van der Waals surface area contributed by atoms with Gasteiger partial charge < -0.3 is 5.32 Å². The summed E-state index contributed by atoms with van der Waals surface area (Å²) in [6, 6.07) is 11.1. The fraction of sp³-hybridized carbons (Fsp3) is 0.353. The number of hydrogen-bond donors (Lipinski definition) is 1. The van der Waals surface area contributed by atoms with Gasteiger partial charge in [-0.2, -0.15) is 5.10 Å². The number of benzene rings is 1. The van der Waals surface area contributed by atoms with Gasteiger partial charge in [-0.3, -0.25) is 9.59 Å². The smallest absolute Gasteiger partial charge is 0.272 e. The van der Waals surface area contributed by atoms with Crippen LogP contribution in [0.2, 0.25) is 0 Å². The summed E-state index contributed by atoms with van der Waals surface area (Å²) in [5.41, 5.74) is 2.58. The number of carbonyl (C=O) groups excluding carboxylic acids is 1. The van der Waals surface area contributed by atoms with Crippen LogP contribution in [0.3, 0.4) is 0 Å². The van der Waals surface area contributed by atoms with Crippen molar-refractivity contribution in [3.05, 3.63) is 63.6 Å². The van der Waals surface area contributed by atoms with Crippen LogP contribution >= 0.6 is 0 Å². The standard InChI is InChI=1S/C17H19N3O2/c1-2-11-20-16(21)10-9-15(19-20)17(22)18-14-8-7-12-5-3-4-6-13(12)14/h3-6,9-10,14H,2,7-8,11H2,1H3,(H,18,22). The maximum absolute atomic E-state index is 12.4. The first kappa shape index (κ1) is 14.5. The van der Waals surface area contributed by atoms with Crippen LogP contribution in [0, 0.1) is 0 Å². The molecule has 3 rings (SSSR count). The van der Waals surface area contributed by atoms with Crippen LogP contribution in [-0.4, -0.2) is 15.7 Å². The fourth-order valence-electron chi connectivity index (χ4n) is 2.88. The number of amides is 1. The van der Waals surface area contributed by atoms with Crippen LogP contribution in [0.5, 0.6) is 0 Å². The zero-order chi connectivity index (χ0) is 15.5. The van der Waals surface area contributed by atoms with Crippen molar-refractivity contribution in [3.8, 4) is 0 Å². The second kappa shape index (κ2) is 6.13. The molecule has 5 heteroatoms. The Labute approximate surface area is 129 Å². The third-order valence-corrected chi connectivity index (χ3v) is 3.97. The summed E-state index contributed by atoms with van der Waals surface area (Å²) < 4.78 is 1.34. The molecule has 1 amide bonds. The molecule has 1 aliphatic carbocycles. The predicted octanol–water partition coefficient (Wildman–Crippen LogP) is 2.07. The minimum Gasteiger partial charge on any atom is -0.344 e. The van der Waals surface area contributed by atoms with Gasteiger partial charge >= 0.3 is 0 Å². The molecule has 1 N–H and O–H groups in total. The zero-order valence-corrected chi connectivity index (χ0v) is 12.6. The van der Waals surface area contributed by atoms with E-state index in [1.807, 2.05) is 19.1 Å². The average Bonchev–Trinajstić information content (AvgIpc) is 2.93. The largest absolute Gasteiger partial charge is 0.344 e. The molecule has 0 spiro atoms. The van der Waals surface area contributed by atoms with Crippen LogP contribution in [0.1, 0.15) is 47.4 Å². The summed E-state index contributed by atoms with van der Waals surface area (Å²) in [6.07, 6.45) is 2.68. The van der Waals surface area contributed by atoms with E-state index in [1.165, 1.54) is 27.9 Å². The fourth-order valence-corrected chi connectivity index (χ4v) is 2.88. The Morgan fingerprint density at radius 2 is 2.14 bits per heavy atom. The van der Waals surface area contributed by atoms with Crippen molar-refractivity contribution in [2.24, 2.45) is 0 Å². The summed E-state index contributed by atoms with van der Waals surface area (Å²) in [5.74, 6) is -0.230. The molecule has 5 nitrogen and oxygen atoms in total. The van der Waals surface area contributed by atoms with Crippen molar-refractivity contribution in [2.45, 2.75) is 38.8 Å². The van der Waals surface area contributed by atoms with Gasteiger partial charge in [0.05, 0.1) is 6.04 Å². The summed E-state index contributed by atoms with van der Waals surface area (Å²) in [5, 5.41) is 7.18. The zero-order valence-electron chi connectivity index (χ0n) is 12.6. The van der Waals surface area contributed by atoms with Gasteiger partial charge in [0, 0.05) is 12.6 Å². The minimum absolute atomic E-state index is 0.0250. The van der Waals surface area contributed by atoms with Gasteiger partial charge in [0.15, 0.2) is 0 Å². The van der Waals surface area contributed by atoms with Gasteiger partial charge in [-0.1, -0.05) is 31.2 Å².